The molecule has 0 bridgehead atoms. The smallest absolute Gasteiger partial charge is 0.0453 e. The van der Waals surface area contributed by atoms with Crippen LogP contribution >= 0.6 is 11.6 Å². The van der Waals surface area contributed by atoms with Gasteiger partial charge in [-0.2, -0.15) is 0 Å². The van der Waals surface area contributed by atoms with E-state index < -0.39 is 0 Å². The van der Waals surface area contributed by atoms with Gasteiger partial charge in [0.05, 0.1) is 0 Å². The maximum absolute atomic E-state index is 6.20. The zero-order valence-electron chi connectivity index (χ0n) is 12.3. The summed E-state index contributed by atoms with van der Waals surface area (Å²) in [5.74, 6) is 0. The molecule has 4 heteroatoms. The summed E-state index contributed by atoms with van der Waals surface area (Å²) in [6.45, 7) is 3.23. The molecular weight excluding hydrogens is 258 g/mol. The van der Waals surface area contributed by atoms with Crippen molar-refractivity contribution in [2.45, 2.75) is 18.9 Å². The van der Waals surface area contributed by atoms with E-state index in [1.807, 2.05) is 24.3 Å². The molecule has 19 heavy (non-hydrogen) atoms. The van der Waals surface area contributed by atoms with Crippen molar-refractivity contribution < 1.29 is 0 Å². The minimum absolute atomic E-state index is 0.0185. The third-order valence-electron chi connectivity index (χ3n) is 3.27. The van der Waals surface area contributed by atoms with E-state index in [2.05, 4.69) is 30.9 Å². The molecule has 0 spiro atoms. The molecule has 3 nitrogen and oxygen atoms in total. The van der Waals surface area contributed by atoms with Crippen LogP contribution in [-0.2, 0) is 0 Å². The molecule has 1 aromatic carbocycles. The SMILES string of the molecule is CN(C)CCCN(C)CCC(N)c1ccccc1Cl. The van der Waals surface area contributed by atoms with Gasteiger partial charge in [0.25, 0.3) is 0 Å². The summed E-state index contributed by atoms with van der Waals surface area (Å²) in [6, 6.07) is 7.86. The average Bonchev–Trinajstić information content (AvgIpc) is 2.36. The summed E-state index contributed by atoms with van der Waals surface area (Å²) in [6.07, 6.45) is 2.12. The molecule has 1 aromatic rings. The topological polar surface area (TPSA) is 32.5 Å². The Morgan fingerprint density at radius 2 is 1.79 bits per heavy atom. The number of rotatable bonds is 8. The van der Waals surface area contributed by atoms with E-state index >= 15 is 0 Å². The second-order valence-corrected chi connectivity index (χ2v) is 5.78. The summed E-state index contributed by atoms with van der Waals surface area (Å²) in [4.78, 5) is 4.55. The fraction of sp³-hybridized carbons (Fsp3) is 0.600. The molecule has 0 saturated heterocycles. The van der Waals surface area contributed by atoms with E-state index in [1.165, 1.54) is 6.42 Å². The molecular formula is C15H26ClN3. The molecule has 1 atom stereocenters. The lowest BCUT2D eigenvalue weighted by Crippen LogP contribution is -2.27. The molecule has 108 valence electrons. The highest BCUT2D eigenvalue weighted by molar-refractivity contribution is 6.31. The lowest BCUT2D eigenvalue weighted by molar-refractivity contribution is 0.291. The van der Waals surface area contributed by atoms with Gasteiger partial charge in [-0.15, -0.1) is 0 Å². The summed E-state index contributed by atoms with van der Waals surface area (Å²) < 4.78 is 0. The number of halogens is 1. The molecule has 0 aliphatic rings. The molecule has 1 unspecified atom stereocenters. The number of nitrogens with two attached hydrogens (primary N) is 1. The van der Waals surface area contributed by atoms with Crippen LogP contribution in [-0.4, -0.2) is 50.6 Å². The molecule has 0 radical (unpaired) electrons. The van der Waals surface area contributed by atoms with Crippen LogP contribution in [0, 0.1) is 0 Å². The number of nitrogens with zero attached hydrogens (tertiary/aromatic N) is 2. The van der Waals surface area contributed by atoms with Gasteiger partial charge in [0, 0.05) is 11.1 Å². The van der Waals surface area contributed by atoms with Gasteiger partial charge < -0.3 is 15.5 Å². The van der Waals surface area contributed by atoms with Gasteiger partial charge in [0.15, 0.2) is 0 Å². The Morgan fingerprint density at radius 3 is 2.42 bits per heavy atom. The van der Waals surface area contributed by atoms with Crippen molar-refractivity contribution in [3.8, 4) is 0 Å². The first-order valence-electron chi connectivity index (χ1n) is 6.84. The Balaban J connectivity index is 2.30. The van der Waals surface area contributed by atoms with Gasteiger partial charge in [0.1, 0.15) is 0 Å². The standard InChI is InChI=1S/C15H26ClN3/c1-18(2)10-6-11-19(3)12-9-15(17)13-7-4-5-8-14(13)16/h4-5,7-8,15H,6,9-12,17H2,1-3H3. The van der Waals surface area contributed by atoms with Crippen molar-refractivity contribution in [1.29, 1.82) is 0 Å². The third-order valence-corrected chi connectivity index (χ3v) is 3.62. The molecule has 0 aromatic heterocycles. The largest absolute Gasteiger partial charge is 0.324 e. The van der Waals surface area contributed by atoms with Gasteiger partial charge in [-0.05, 0) is 65.2 Å². The van der Waals surface area contributed by atoms with Gasteiger partial charge in [-0.25, -0.2) is 0 Å². The highest BCUT2D eigenvalue weighted by atomic mass is 35.5. The van der Waals surface area contributed by atoms with Crippen LogP contribution < -0.4 is 5.73 Å². The normalized spacial score (nSPS) is 13.2. The fourth-order valence-electron chi connectivity index (χ4n) is 2.06. The van der Waals surface area contributed by atoms with Crippen molar-refractivity contribution in [2.75, 3.05) is 40.8 Å². The van der Waals surface area contributed by atoms with Crippen molar-refractivity contribution in [3.63, 3.8) is 0 Å². The Kier molecular flexibility index (Phi) is 7.39. The molecule has 0 heterocycles. The van der Waals surface area contributed by atoms with E-state index in [1.54, 1.807) is 0 Å². The average molecular weight is 284 g/mol. The highest BCUT2D eigenvalue weighted by Gasteiger charge is 2.10. The van der Waals surface area contributed by atoms with Crippen molar-refractivity contribution in [1.82, 2.24) is 9.80 Å². The number of hydrogen-bond acceptors (Lipinski definition) is 3. The van der Waals surface area contributed by atoms with Crippen LogP contribution in [0.3, 0.4) is 0 Å². The second kappa shape index (κ2) is 8.54. The Labute approximate surface area is 122 Å². The summed E-state index contributed by atoms with van der Waals surface area (Å²) in [7, 11) is 6.36. The number of benzene rings is 1. The van der Waals surface area contributed by atoms with Crippen LogP contribution in [0.2, 0.25) is 5.02 Å². The molecule has 1 rings (SSSR count). The molecule has 0 saturated carbocycles. The van der Waals surface area contributed by atoms with Crippen LogP contribution in [0.1, 0.15) is 24.4 Å². The van der Waals surface area contributed by atoms with Crippen LogP contribution in [0.5, 0.6) is 0 Å². The van der Waals surface area contributed by atoms with Gasteiger partial charge in [-0.1, -0.05) is 29.8 Å². The minimum atomic E-state index is 0.0185. The molecule has 0 aliphatic carbocycles. The quantitative estimate of drug-likeness (QED) is 0.796. The zero-order chi connectivity index (χ0) is 14.3. The zero-order valence-corrected chi connectivity index (χ0v) is 13.0. The third kappa shape index (κ3) is 6.39. The lowest BCUT2D eigenvalue weighted by atomic mass is 10.0. The Bertz CT molecular complexity index is 368. The van der Waals surface area contributed by atoms with Crippen LogP contribution in [0.4, 0.5) is 0 Å². The van der Waals surface area contributed by atoms with E-state index in [-0.39, 0.29) is 6.04 Å². The predicted octanol–water partition coefficient (Wildman–Crippen LogP) is 2.61. The highest BCUT2D eigenvalue weighted by Crippen LogP contribution is 2.23. The molecule has 2 N–H and O–H groups in total. The first-order chi connectivity index (χ1) is 9.00. The Hall–Kier alpha value is -0.610. The number of hydrogen-bond donors (Lipinski definition) is 1. The Morgan fingerprint density at radius 1 is 1.11 bits per heavy atom. The molecule has 0 amide bonds. The predicted molar refractivity (Wildman–Crippen MR) is 83.7 cm³/mol. The van der Waals surface area contributed by atoms with E-state index in [0.717, 1.165) is 36.6 Å². The van der Waals surface area contributed by atoms with Gasteiger partial charge in [-0.3, -0.25) is 0 Å². The summed E-state index contributed by atoms with van der Waals surface area (Å²) in [5.41, 5.74) is 7.25. The van der Waals surface area contributed by atoms with E-state index in [9.17, 15) is 0 Å². The van der Waals surface area contributed by atoms with Crippen molar-refractivity contribution >= 4 is 11.6 Å². The minimum Gasteiger partial charge on any atom is -0.324 e. The van der Waals surface area contributed by atoms with E-state index in [0.29, 0.717) is 0 Å². The molecule has 0 fully saturated rings. The summed E-state index contributed by atoms with van der Waals surface area (Å²) >= 11 is 6.15. The van der Waals surface area contributed by atoms with Gasteiger partial charge >= 0.3 is 0 Å². The van der Waals surface area contributed by atoms with Crippen LogP contribution in [0.25, 0.3) is 0 Å². The summed E-state index contributed by atoms with van der Waals surface area (Å²) in [5, 5.41) is 0.769. The first kappa shape index (κ1) is 16.4. The first-order valence-corrected chi connectivity index (χ1v) is 7.21. The molecule has 0 aliphatic heterocycles. The monoisotopic (exact) mass is 283 g/mol. The lowest BCUT2D eigenvalue weighted by Gasteiger charge is -2.21. The second-order valence-electron chi connectivity index (χ2n) is 5.38. The van der Waals surface area contributed by atoms with Crippen LogP contribution in [0.15, 0.2) is 24.3 Å². The van der Waals surface area contributed by atoms with Crippen molar-refractivity contribution in [3.05, 3.63) is 34.9 Å². The fourth-order valence-corrected chi connectivity index (χ4v) is 2.34. The van der Waals surface area contributed by atoms with E-state index in [4.69, 9.17) is 17.3 Å². The maximum Gasteiger partial charge on any atom is 0.0453 e. The van der Waals surface area contributed by atoms with Gasteiger partial charge in [0.2, 0.25) is 0 Å². The maximum atomic E-state index is 6.20. The van der Waals surface area contributed by atoms with Crippen molar-refractivity contribution in [2.24, 2.45) is 5.73 Å².